The van der Waals surface area contributed by atoms with Gasteiger partial charge in [-0.2, -0.15) is 0 Å². The van der Waals surface area contributed by atoms with Crippen molar-refractivity contribution in [3.8, 4) is 0 Å². The highest BCUT2D eigenvalue weighted by molar-refractivity contribution is 9.10. The quantitative estimate of drug-likeness (QED) is 0.780. The zero-order chi connectivity index (χ0) is 13.1. The molecule has 0 radical (unpaired) electrons. The molecule has 2 rings (SSSR count). The topological polar surface area (TPSA) is 57.5 Å². The molecule has 6 heteroatoms. The molecule has 0 amide bonds. The Morgan fingerprint density at radius 2 is 2.17 bits per heavy atom. The van der Waals surface area contributed by atoms with Gasteiger partial charge in [-0.05, 0) is 28.8 Å². The summed E-state index contributed by atoms with van der Waals surface area (Å²) >= 11 is 3.21. The van der Waals surface area contributed by atoms with Crippen molar-refractivity contribution in [1.82, 2.24) is 4.57 Å². The second-order valence-electron chi connectivity index (χ2n) is 4.12. The first-order chi connectivity index (χ1) is 8.63. The third-order valence-electron chi connectivity index (χ3n) is 3.02. The predicted molar refractivity (Wildman–Crippen MR) is 68.8 cm³/mol. The lowest BCUT2D eigenvalue weighted by Crippen LogP contribution is -2.29. The first kappa shape index (κ1) is 13.3. The number of halogens is 1. The van der Waals surface area contributed by atoms with Crippen LogP contribution in [0.1, 0.15) is 29.2 Å². The van der Waals surface area contributed by atoms with Crippen molar-refractivity contribution in [2.24, 2.45) is 0 Å². The number of carbonyl (C=O) groups is 1. The van der Waals surface area contributed by atoms with Gasteiger partial charge in [0.05, 0.1) is 12.7 Å². The number of hydrogen-bond acceptors (Lipinski definition) is 4. The first-order valence-corrected chi connectivity index (χ1v) is 6.50. The maximum atomic E-state index is 11.9. The zero-order valence-corrected chi connectivity index (χ0v) is 11.6. The molecule has 1 aromatic rings. The maximum absolute atomic E-state index is 11.9. The Kier molecular flexibility index (Phi) is 4.19. The van der Waals surface area contributed by atoms with Crippen LogP contribution in [0.5, 0.6) is 0 Å². The minimum absolute atomic E-state index is 0.0859. The van der Waals surface area contributed by atoms with Gasteiger partial charge in [0, 0.05) is 36.0 Å². The lowest BCUT2D eigenvalue weighted by Gasteiger charge is -2.24. The Balaban J connectivity index is 2.40. The molecule has 0 unspecified atom stereocenters. The number of rotatable bonds is 2. The third kappa shape index (κ3) is 2.64. The average molecular weight is 316 g/mol. The molecule has 0 N–H and O–H groups in total. The van der Waals surface area contributed by atoms with E-state index < -0.39 is 5.97 Å². The summed E-state index contributed by atoms with van der Waals surface area (Å²) in [5, 5.41) is 0. The predicted octanol–water partition coefficient (Wildman–Crippen LogP) is 1.75. The van der Waals surface area contributed by atoms with Crippen molar-refractivity contribution in [1.29, 1.82) is 0 Å². The summed E-state index contributed by atoms with van der Waals surface area (Å²) in [4.78, 5) is 23.5. The molecule has 0 atom stereocenters. The van der Waals surface area contributed by atoms with Crippen LogP contribution in [-0.4, -0.2) is 30.9 Å². The van der Waals surface area contributed by atoms with E-state index in [4.69, 9.17) is 9.47 Å². The lowest BCUT2D eigenvalue weighted by atomic mass is 10.1. The number of aromatic nitrogens is 1. The van der Waals surface area contributed by atoms with Gasteiger partial charge in [0.1, 0.15) is 0 Å². The van der Waals surface area contributed by atoms with Crippen molar-refractivity contribution in [2.45, 2.75) is 18.9 Å². The van der Waals surface area contributed by atoms with Gasteiger partial charge < -0.3 is 14.0 Å². The molecule has 98 valence electrons. The van der Waals surface area contributed by atoms with E-state index in [-0.39, 0.29) is 11.6 Å². The van der Waals surface area contributed by atoms with Crippen molar-refractivity contribution in [3.63, 3.8) is 0 Å². The molecule has 0 spiro atoms. The van der Waals surface area contributed by atoms with E-state index in [0.29, 0.717) is 23.2 Å². The number of ether oxygens (including phenoxy) is 2. The largest absolute Gasteiger partial charge is 0.465 e. The number of nitrogens with zero attached hydrogens (tertiary/aromatic N) is 1. The third-order valence-corrected chi connectivity index (χ3v) is 3.68. The van der Waals surface area contributed by atoms with Gasteiger partial charge in [-0.25, -0.2) is 4.79 Å². The van der Waals surface area contributed by atoms with E-state index in [2.05, 4.69) is 15.9 Å². The molecule has 2 heterocycles. The Labute approximate surface area is 113 Å². The van der Waals surface area contributed by atoms with E-state index in [1.807, 2.05) is 0 Å². The van der Waals surface area contributed by atoms with Gasteiger partial charge in [-0.1, -0.05) is 0 Å². The van der Waals surface area contributed by atoms with Crippen LogP contribution in [0.2, 0.25) is 0 Å². The monoisotopic (exact) mass is 315 g/mol. The van der Waals surface area contributed by atoms with E-state index in [9.17, 15) is 9.59 Å². The minimum atomic E-state index is -0.456. The molecule has 1 aliphatic rings. The van der Waals surface area contributed by atoms with Crippen LogP contribution in [0, 0.1) is 0 Å². The molecule has 18 heavy (non-hydrogen) atoms. The smallest absolute Gasteiger partial charge is 0.340 e. The molecule has 0 aliphatic carbocycles. The fourth-order valence-electron chi connectivity index (χ4n) is 2.03. The van der Waals surface area contributed by atoms with Gasteiger partial charge in [0.25, 0.3) is 5.56 Å². The van der Waals surface area contributed by atoms with E-state index >= 15 is 0 Å². The maximum Gasteiger partial charge on any atom is 0.340 e. The molecule has 1 aliphatic heterocycles. The molecule has 1 fully saturated rings. The molecule has 1 saturated heterocycles. The number of methoxy groups -OCH3 is 1. The Morgan fingerprint density at radius 1 is 1.50 bits per heavy atom. The molecule has 0 saturated carbocycles. The highest BCUT2D eigenvalue weighted by Gasteiger charge is 2.20. The number of carbonyl (C=O) groups excluding carboxylic acids is 1. The van der Waals surface area contributed by atoms with Crippen molar-refractivity contribution in [3.05, 3.63) is 32.7 Å². The zero-order valence-electron chi connectivity index (χ0n) is 10.0. The summed E-state index contributed by atoms with van der Waals surface area (Å²) in [6.45, 7) is 1.28. The summed E-state index contributed by atoms with van der Waals surface area (Å²) in [5.74, 6) is -0.456. The van der Waals surface area contributed by atoms with Crippen molar-refractivity contribution >= 4 is 21.9 Å². The van der Waals surface area contributed by atoms with Gasteiger partial charge in [0.15, 0.2) is 0 Å². The van der Waals surface area contributed by atoms with Crippen LogP contribution in [0.25, 0.3) is 0 Å². The second-order valence-corrected chi connectivity index (χ2v) is 4.97. The highest BCUT2D eigenvalue weighted by Crippen LogP contribution is 2.22. The van der Waals surface area contributed by atoms with Crippen LogP contribution >= 0.6 is 15.9 Å². The highest BCUT2D eigenvalue weighted by atomic mass is 79.9. The summed E-state index contributed by atoms with van der Waals surface area (Å²) in [6.07, 6.45) is 3.12. The summed E-state index contributed by atoms with van der Waals surface area (Å²) < 4.78 is 12.0. The van der Waals surface area contributed by atoms with Crippen LogP contribution in [0.3, 0.4) is 0 Å². The Morgan fingerprint density at radius 3 is 2.78 bits per heavy atom. The van der Waals surface area contributed by atoms with E-state index in [1.54, 1.807) is 10.8 Å². The molecular weight excluding hydrogens is 302 g/mol. The molecule has 5 nitrogen and oxygen atoms in total. The fraction of sp³-hybridized carbons (Fsp3) is 0.500. The first-order valence-electron chi connectivity index (χ1n) is 5.71. The summed E-state index contributed by atoms with van der Waals surface area (Å²) in [7, 11) is 1.32. The van der Waals surface area contributed by atoms with Gasteiger partial charge in [-0.15, -0.1) is 0 Å². The standard InChI is InChI=1S/C12H14BrNO4/c1-17-12(16)9-7-14(11(15)6-10(9)13)8-2-4-18-5-3-8/h6-8H,2-5H2,1H3. The van der Waals surface area contributed by atoms with Gasteiger partial charge >= 0.3 is 5.97 Å². The van der Waals surface area contributed by atoms with Gasteiger partial charge in [-0.3, -0.25) is 4.79 Å². The van der Waals surface area contributed by atoms with Crippen molar-refractivity contribution < 1.29 is 14.3 Å². The summed E-state index contributed by atoms with van der Waals surface area (Å²) in [5.41, 5.74) is 0.241. The molecule has 1 aromatic heterocycles. The van der Waals surface area contributed by atoms with E-state index in [0.717, 1.165) is 12.8 Å². The fourth-order valence-corrected chi connectivity index (χ4v) is 2.49. The van der Waals surface area contributed by atoms with Crippen LogP contribution in [0.4, 0.5) is 0 Å². The molecule has 0 bridgehead atoms. The van der Waals surface area contributed by atoms with Gasteiger partial charge in [0.2, 0.25) is 0 Å². The molecule has 0 aromatic carbocycles. The minimum Gasteiger partial charge on any atom is -0.465 e. The molecular formula is C12H14BrNO4. The average Bonchev–Trinajstić information content (AvgIpc) is 2.39. The Bertz CT molecular complexity index is 505. The second kappa shape index (κ2) is 5.67. The lowest BCUT2D eigenvalue weighted by molar-refractivity contribution is 0.0593. The SMILES string of the molecule is COC(=O)c1cn(C2CCOCC2)c(=O)cc1Br. The van der Waals surface area contributed by atoms with E-state index in [1.165, 1.54) is 13.2 Å². The number of pyridine rings is 1. The number of esters is 1. The summed E-state index contributed by atoms with van der Waals surface area (Å²) in [6, 6.07) is 1.49. The normalized spacial score (nSPS) is 16.6. The van der Waals surface area contributed by atoms with Crippen LogP contribution in [-0.2, 0) is 9.47 Å². The number of hydrogen-bond donors (Lipinski definition) is 0. The van der Waals surface area contributed by atoms with Crippen LogP contribution in [0.15, 0.2) is 21.5 Å². The Hall–Kier alpha value is -1.14. The van der Waals surface area contributed by atoms with Crippen molar-refractivity contribution in [2.75, 3.05) is 20.3 Å². The van der Waals surface area contributed by atoms with Crippen LogP contribution < -0.4 is 5.56 Å².